The second kappa shape index (κ2) is 10.2. The molecule has 0 radical (unpaired) electrons. The predicted octanol–water partition coefficient (Wildman–Crippen LogP) is 5.03. The number of halogens is 4. The number of aliphatic hydroxyl groups is 1. The summed E-state index contributed by atoms with van der Waals surface area (Å²) in [4.78, 5) is 16.7. The number of hydrogen-bond acceptors (Lipinski definition) is 3. The Morgan fingerprint density at radius 2 is 1.34 bits per heavy atom. The molecule has 0 spiro atoms. The zero-order valence-electron chi connectivity index (χ0n) is 19.0. The maximum atomic E-state index is 13.1. The normalized spacial score (nSPS) is 16.7. The fraction of sp³-hybridized carbons (Fsp3) is 0.296. The molecule has 8 heteroatoms. The van der Waals surface area contributed by atoms with Gasteiger partial charge in [-0.05, 0) is 34.4 Å². The molecule has 184 valence electrons. The van der Waals surface area contributed by atoms with Crippen LogP contribution in [0.5, 0.6) is 0 Å². The number of piperazine rings is 1. The van der Waals surface area contributed by atoms with E-state index in [1.807, 2.05) is 59.5 Å². The smallest absolute Gasteiger partial charge is 0.374 e. The molecule has 35 heavy (non-hydrogen) atoms. The lowest BCUT2D eigenvalue weighted by atomic mass is 9.92. The van der Waals surface area contributed by atoms with Crippen molar-refractivity contribution in [3.63, 3.8) is 0 Å². The number of benzene rings is 3. The summed E-state index contributed by atoms with van der Waals surface area (Å²) in [7, 11) is 0. The lowest BCUT2D eigenvalue weighted by Crippen LogP contribution is -2.48. The number of carbonyl (C=O) groups is 1. The van der Waals surface area contributed by atoms with Crippen molar-refractivity contribution in [2.45, 2.75) is 18.3 Å². The number of hydrogen-bond donors (Lipinski definition) is 1. The monoisotopic (exact) mass is 486 g/mol. The summed E-state index contributed by atoms with van der Waals surface area (Å²) in [6, 6.07) is 22.0. The van der Waals surface area contributed by atoms with Gasteiger partial charge < -0.3 is 10.0 Å². The van der Waals surface area contributed by atoms with Gasteiger partial charge in [0.1, 0.15) is 6.67 Å². The summed E-state index contributed by atoms with van der Waals surface area (Å²) in [6.45, 7) is 1.61. The van der Waals surface area contributed by atoms with Gasteiger partial charge >= 0.3 is 6.18 Å². The largest absolute Gasteiger partial charge is 0.424 e. The molecule has 4 rings (SSSR count). The zero-order chi connectivity index (χ0) is 25.1. The Kier molecular flexibility index (Phi) is 7.23. The van der Waals surface area contributed by atoms with Crippen LogP contribution in [-0.4, -0.2) is 59.8 Å². The van der Waals surface area contributed by atoms with E-state index in [0.717, 1.165) is 42.9 Å². The van der Waals surface area contributed by atoms with Crippen LogP contribution in [0, 0.1) is 0 Å². The van der Waals surface area contributed by atoms with Crippen molar-refractivity contribution in [1.82, 2.24) is 9.80 Å². The van der Waals surface area contributed by atoms with Crippen molar-refractivity contribution >= 4 is 5.91 Å². The number of rotatable bonds is 6. The van der Waals surface area contributed by atoms with E-state index in [2.05, 4.69) is 4.90 Å². The van der Waals surface area contributed by atoms with Gasteiger partial charge in [0.2, 0.25) is 5.60 Å². The van der Waals surface area contributed by atoms with Crippen molar-refractivity contribution in [1.29, 1.82) is 0 Å². The van der Waals surface area contributed by atoms with Crippen LogP contribution >= 0.6 is 0 Å². The highest BCUT2D eigenvalue weighted by Gasteiger charge is 2.55. The van der Waals surface area contributed by atoms with E-state index < -0.39 is 24.0 Å². The average Bonchev–Trinajstić information content (AvgIpc) is 2.88. The molecule has 0 saturated carbocycles. The van der Waals surface area contributed by atoms with Crippen molar-refractivity contribution in [2.75, 3.05) is 32.9 Å². The summed E-state index contributed by atoms with van der Waals surface area (Å²) in [5.74, 6) is 0.0424. The van der Waals surface area contributed by atoms with E-state index in [9.17, 15) is 27.5 Å². The van der Waals surface area contributed by atoms with Gasteiger partial charge in [0.25, 0.3) is 5.91 Å². The first-order valence-corrected chi connectivity index (χ1v) is 11.3. The summed E-state index contributed by atoms with van der Waals surface area (Å²) in [5.41, 5.74) is -0.802. The molecule has 0 aliphatic carbocycles. The molecule has 0 bridgehead atoms. The minimum Gasteiger partial charge on any atom is -0.374 e. The van der Waals surface area contributed by atoms with Crippen LogP contribution in [0.2, 0.25) is 0 Å². The molecule has 3 aromatic carbocycles. The molecular formula is C27H26F4N2O2. The Morgan fingerprint density at radius 3 is 1.86 bits per heavy atom. The van der Waals surface area contributed by atoms with E-state index in [4.69, 9.17) is 0 Å². The average molecular weight is 487 g/mol. The molecule has 1 aliphatic rings. The second-order valence-corrected chi connectivity index (χ2v) is 8.70. The molecule has 1 aliphatic heterocycles. The molecule has 1 amide bonds. The van der Waals surface area contributed by atoms with E-state index >= 15 is 0 Å². The molecule has 3 aromatic rings. The Hall–Kier alpha value is -3.23. The molecular weight excluding hydrogens is 460 g/mol. The molecule has 1 unspecified atom stereocenters. The Balaban J connectivity index is 1.35. The van der Waals surface area contributed by atoms with Crippen molar-refractivity contribution in [3.8, 4) is 11.1 Å². The van der Waals surface area contributed by atoms with Crippen LogP contribution in [-0.2, 0) is 12.1 Å². The van der Waals surface area contributed by atoms with Crippen LogP contribution in [0.25, 0.3) is 11.1 Å². The van der Waals surface area contributed by atoms with Crippen molar-refractivity contribution in [3.05, 3.63) is 95.6 Å². The highest BCUT2D eigenvalue weighted by atomic mass is 19.4. The predicted molar refractivity (Wildman–Crippen MR) is 125 cm³/mol. The fourth-order valence-corrected chi connectivity index (χ4v) is 4.19. The topological polar surface area (TPSA) is 43.8 Å². The van der Waals surface area contributed by atoms with Crippen LogP contribution in [0.4, 0.5) is 17.6 Å². The third-order valence-corrected chi connectivity index (χ3v) is 6.40. The maximum absolute atomic E-state index is 13.1. The van der Waals surface area contributed by atoms with Gasteiger partial charge in [0, 0.05) is 38.3 Å². The molecule has 1 atom stereocenters. The number of carbonyl (C=O) groups excluding carboxylic acids is 1. The molecule has 4 nitrogen and oxygen atoms in total. The highest BCUT2D eigenvalue weighted by molar-refractivity contribution is 5.94. The van der Waals surface area contributed by atoms with Crippen LogP contribution in [0.3, 0.4) is 0 Å². The number of amides is 1. The lowest BCUT2D eigenvalue weighted by molar-refractivity contribution is -0.271. The van der Waals surface area contributed by atoms with Gasteiger partial charge in [-0.25, -0.2) is 4.39 Å². The first kappa shape index (κ1) is 24.9. The van der Waals surface area contributed by atoms with Crippen LogP contribution in [0.15, 0.2) is 78.9 Å². The van der Waals surface area contributed by atoms with Gasteiger partial charge in [-0.2, -0.15) is 13.2 Å². The summed E-state index contributed by atoms with van der Waals surface area (Å²) >= 11 is 0. The molecule has 1 heterocycles. The van der Waals surface area contributed by atoms with E-state index in [1.165, 1.54) is 12.1 Å². The second-order valence-electron chi connectivity index (χ2n) is 8.70. The van der Waals surface area contributed by atoms with E-state index in [1.54, 1.807) is 0 Å². The maximum Gasteiger partial charge on any atom is 0.424 e. The minimum atomic E-state index is -5.11. The zero-order valence-corrected chi connectivity index (χ0v) is 19.0. The lowest BCUT2D eigenvalue weighted by Gasteiger charge is -2.34. The third-order valence-electron chi connectivity index (χ3n) is 6.40. The first-order chi connectivity index (χ1) is 16.7. The Labute approximate surface area is 201 Å². The first-order valence-electron chi connectivity index (χ1n) is 11.3. The molecule has 1 N–H and O–H groups in total. The Bertz CT molecular complexity index is 1130. The van der Waals surface area contributed by atoms with Gasteiger partial charge in [-0.15, -0.1) is 0 Å². The fourth-order valence-electron chi connectivity index (χ4n) is 4.19. The van der Waals surface area contributed by atoms with E-state index in [-0.39, 0.29) is 5.91 Å². The van der Waals surface area contributed by atoms with Crippen LogP contribution in [0.1, 0.15) is 21.5 Å². The van der Waals surface area contributed by atoms with E-state index in [0.29, 0.717) is 24.2 Å². The quantitative estimate of drug-likeness (QED) is 0.497. The van der Waals surface area contributed by atoms with Crippen molar-refractivity contribution < 1.29 is 27.5 Å². The van der Waals surface area contributed by atoms with Gasteiger partial charge in [0.05, 0.1) is 0 Å². The van der Waals surface area contributed by atoms with Gasteiger partial charge in [-0.1, -0.05) is 66.7 Å². The van der Waals surface area contributed by atoms with Crippen LogP contribution < -0.4 is 0 Å². The SMILES string of the molecule is O=C(c1ccccc1)N1CCN(Cc2ccc(-c3ccc(C(O)(CF)C(F)(F)F)cc3)cc2)CC1. The number of nitrogens with zero attached hydrogens (tertiary/aromatic N) is 2. The summed E-state index contributed by atoms with van der Waals surface area (Å²) < 4.78 is 52.3. The Morgan fingerprint density at radius 1 is 0.800 bits per heavy atom. The van der Waals surface area contributed by atoms with Gasteiger partial charge in [-0.3, -0.25) is 9.69 Å². The molecule has 1 saturated heterocycles. The summed E-state index contributed by atoms with van der Waals surface area (Å²) in [6.07, 6.45) is -5.11. The standard InChI is InChI=1S/C27H26F4N2O2/c28-19-26(35,27(29,30)31)24-12-10-22(11-13-24)21-8-6-20(7-9-21)18-32-14-16-33(17-15-32)25(34)23-4-2-1-3-5-23/h1-13,35H,14-19H2. The molecule has 0 aromatic heterocycles. The van der Waals surface area contributed by atoms with Gasteiger partial charge in [0.15, 0.2) is 0 Å². The summed E-state index contributed by atoms with van der Waals surface area (Å²) in [5, 5.41) is 9.76. The van der Waals surface area contributed by atoms with Crippen molar-refractivity contribution in [2.24, 2.45) is 0 Å². The molecule has 1 fully saturated rings. The third kappa shape index (κ3) is 5.39. The highest BCUT2D eigenvalue weighted by Crippen LogP contribution is 2.39. The minimum absolute atomic E-state index is 0.0424. The number of alkyl halides is 4.